The molecular formula is C7H15NO3S. The van der Waals surface area contributed by atoms with Crippen molar-refractivity contribution in [2.45, 2.75) is 27.2 Å². The van der Waals surface area contributed by atoms with Crippen LogP contribution in [0, 0.1) is 0 Å². The van der Waals surface area contributed by atoms with E-state index in [1.165, 1.54) is 0 Å². The zero-order valence-electron chi connectivity index (χ0n) is 7.59. The van der Waals surface area contributed by atoms with Crippen molar-refractivity contribution in [1.82, 2.24) is 4.72 Å². The Balaban J connectivity index is 0. The third-order valence-corrected chi connectivity index (χ3v) is 0.927. The molecule has 0 aliphatic carbocycles. The highest BCUT2D eigenvalue weighted by Gasteiger charge is 2.11. The van der Waals surface area contributed by atoms with Gasteiger partial charge in [0.15, 0.2) is 0 Å². The number of amides is 1. The molecule has 0 aromatic heterocycles. The maximum absolute atomic E-state index is 10.4. The summed E-state index contributed by atoms with van der Waals surface area (Å²) >= 11 is 3.38. The number of rotatable bonds is 2. The summed E-state index contributed by atoms with van der Waals surface area (Å²) in [5, 5.41) is 0. The highest BCUT2D eigenvalue weighted by atomic mass is 32.1. The molecule has 0 aromatic carbocycles. The minimum atomic E-state index is -0.892. The van der Waals surface area contributed by atoms with Gasteiger partial charge in [0.25, 0.3) is 0 Å². The normalized spacial score (nSPS) is 7.67. The number of thiol groups is 1. The van der Waals surface area contributed by atoms with Crippen LogP contribution in [0.1, 0.15) is 27.2 Å². The van der Waals surface area contributed by atoms with Crippen LogP contribution in [0.3, 0.4) is 0 Å². The number of ether oxygens (including phenoxy) is 1. The molecule has 0 unspecified atom stereocenters. The lowest BCUT2D eigenvalue weighted by Gasteiger charge is -1.98. The van der Waals surface area contributed by atoms with Gasteiger partial charge in [0.1, 0.15) is 0 Å². The van der Waals surface area contributed by atoms with Crippen LogP contribution in [0.25, 0.3) is 0 Å². The molecule has 1 N–H and O–H groups in total. The highest BCUT2D eigenvalue weighted by Crippen LogP contribution is 1.82. The first-order valence-corrected chi connectivity index (χ1v) is 4.28. The molecule has 0 fully saturated rings. The molecule has 0 bridgehead atoms. The summed E-state index contributed by atoms with van der Waals surface area (Å²) in [6.07, 6.45) is 0.700. The Morgan fingerprint density at radius 3 is 2.25 bits per heavy atom. The molecule has 0 aromatic rings. The van der Waals surface area contributed by atoms with E-state index in [0.717, 1.165) is 0 Å². The van der Waals surface area contributed by atoms with E-state index in [1.807, 2.05) is 25.5 Å². The minimum Gasteiger partial charge on any atom is -0.459 e. The second-order valence-corrected chi connectivity index (χ2v) is 1.80. The smallest absolute Gasteiger partial charge is 0.397 e. The van der Waals surface area contributed by atoms with E-state index in [0.29, 0.717) is 6.42 Å². The zero-order chi connectivity index (χ0) is 9.98. The van der Waals surface area contributed by atoms with Crippen LogP contribution in [0.15, 0.2) is 0 Å². The van der Waals surface area contributed by atoms with E-state index in [2.05, 4.69) is 17.6 Å². The third kappa shape index (κ3) is 7.40. The lowest BCUT2D eigenvalue weighted by molar-refractivity contribution is -0.154. The topological polar surface area (TPSA) is 55.4 Å². The van der Waals surface area contributed by atoms with Gasteiger partial charge in [0, 0.05) is 0 Å². The predicted molar refractivity (Wildman–Crippen MR) is 49.7 cm³/mol. The van der Waals surface area contributed by atoms with Gasteiger partial charge in [-0.1, -0.05) is 33.6 Å². The quantitative estimate of drug-likeness (QED) is 0.389. The Hall–Kier alpha value is -0.710. The van der Waals surface area contributed by atoms with Gasteiger partial charge in [-0.25, -0.2) is 4.79 Å². The van der Waals surface area contributed by atoms with Crippen LogP contribution >= 0.6 is 12.8 Å². The monoisotopic (exact) mass is 193 g/mol. The van der Waals surface area contributed by atoms with E-state index >= 15 is 0 Å². The van der Waals surface area contributed by atoms with Gasteiger partial charge < -0.3 is 4.74 Å². The number of hydrogen-bond donors (Lipinski definition) is 2. The van der Waals surface area contributed by atoms with Crippen molar-refractivity contribution in [3.8, 4) is 0 Å². The fourth-order valence-corrected chi connectivity index (χ4v) is 0.397. The van der Waals surface area contributed by atoms with Crippen LogP contribution in [-0.2, 0) is 14.3 Å². The molecule has 5 heteroatoms. The standard InChI is InChI=1S/C5H9NO3S.C2H6/c1-2-3-9-5(8)4(7)6-10;1-2/h10H,2-3H2,1H3,(H,6,7);1-2H3. The van der Waals surface area contributed by atoms with Gasteiger partial charge in [0.05, 0.1) is 6.61 Å². The zero-order valence-corrected chi connectivity index (χ0v) is 8.48. The van der Waals surface area contributed by atoms with E-state index in [4.69, 9.17) is 0 Å². The molecule has 0 heterocycles. The largest absolute Gasteiger partial charge is 0.459 e. The van der Waals surface area contributed by atoms with Crippen LogP contribution in [0.4, 0.5) is 0 Å². The minimum absolute atomic E-state index is 0.264. The second-order valence-electron chi connectivity index (χ2n) is 1.58. The first kappa shape index (κ1) is 13.9. The average Bonchev–Trinajstić information content (AvgIpc) is 2.16. The Morgan fingerprint density at radius 1 is 1.42 bits per heavy atom. The number of nitrogens with one attached hydrogen (secondary N) is 1. The second kappa shape index (κ2) is 10.3. The van der Waals surface area contributed by atoms with Crippen molar-refractivity contribution in [2.24, 2.45) is 0 Å². The third-order valence-electron chi connectivity index (χ3n) is 0.724. The first-order chi connectivity index (χ1) is 5.72. The van der Waals surface area contributed by atoms with E-state index < -0.39 is 11.9 Å². The molecule has 1 amide bonds. The molecule has 72 valence electrons. The van der Waals surface area contributed by atoms with Crippen molar-refractivity contribution in [2.75, 3.05) is 6.61 Å². The van der Waals surface area contributed by atoms with E-state index in [-0.39, 0.29) is 6.61 Å². The van der Waals surface area contributed by atoms with Gasteiger partial charge in [-0.05, 0) is 6.42 Å². The fraction of sp³-hybridized carbons (Fsp3) is 0.714. The Morgan fingerprint density at radius 2 is 1.92 bits per heavy atom. The number of carbonyl (C=O) groups is 2. The lowest BCUT2D eigenvalue weighted by atomic mass is 10.5. The predicted octanol–water partition coefficient (Wildman–Crippen LogP) is 0.927. The lowest BCUT2D eigenvalue weighted by Crippen LogP contribution is -2.26. The van der Waals surface area contributed by atoms with Gasteiger partial charge in [-0.3, -0.25) is 9.52 Å². The van der Waals surface area contributed by atoms with Gasteiger partial charge in [-0.15, -0.1) is 0 Å². The SMILES string of the molecule is CC.CCCOC(=O)C(=O)NS. The summed E-state index contributed by atoms with van der Waals surface area (Å²) in [7, 11) is 0. The van der Waals surface area contributed by atoms with Gasteiger partial charge in [-0.2, -0.15) is 0 Å². The fourth-order valence-electron chi connectivity index (χ4n) is 0.306. The average molecular weight is 193 g/mol. The molecule has 0 aliphatic heterocycles. The molecule has 0 saturated heterocycles. The van der Waals surface area contributed by atoms with Crippen molar-refractivity contribution >= 4 is 24.7 Å². The van der Waals surface area contributed by atoms with Crippen molar-refractivity contribution < 1.29 is 14.3 Å². The first-order valence-electron chi connectivity index (χ1n) is 3.83. The molecule has 0 radical (unpaired) electrons. The molecular weight excluding hydrogens is 178 g/mol. The van der Waals surface area contributed by atoms with Gasteiger partial charge >= 0.3 is 11.9 Å². The Kier molecular flexibility index (Phi) is 11.9. The summed E-state index contributed by atoms with van der Waals surface area (Å²) in [6, 6.07) is 0. The Labute approximate surface area is 78.2 Å². The molecule has 0 rings (SSSR count). The molecule has 0 saturated carbocycles. The van der Waals surface area contributed by atoms with E-state index in [1.54, 1.807) is 0 Å². The number of hydrogen-bond acceptors (Lipinski definition) is 4. The van der Waals surface area contributed by atoms with Crippen molar-refractivity contribution in [1.29, 1.82) is 0 Å². The van der Waals surface area contributed by atoms with Crippen LogP contribution in [-0.4, -0.2) is 18.5 Å². The summed E-state index contributed by atoms with van der Waals surface area (Å²) < 4.78 is 6.30. The molecule has 12 heavy (non-hydrogen) atoms. The molecule has 0 atom stereocenters. The van der Waals surface area contributed by atoms with Crippen LogP contribution in [0.2, 0.25) is 0 Å². The molecule has 0 aliphatic rings. The van der Waals surface area contributed by atoms with E-state index in [9.17, 15) is 9.59 Å². The summed E-state index contributed by atoms with van der Waals surface area (Å²) in [4.78, 5) is 20.8. The maximum Gasteiger partial charge on any atom is 0.397 e. The maximum atomic E-state index is 10.4. The van der Waals surface area contributed by atoms with Crippen LogP contribution in [0.5, 0.6) is 0 Å². The van der Waals surface area contributed by atoms with Gasteiger partial charge in [0.2, 0.25) is 0 Å². The van der Waals surface area contributed by atoms with Crippen LogP contribution < -0.4 is 4.72 Å². The molecule has 0 spiro atoms. The van der Waals surface area contributed by atoms with Crippen molar-refractivity contribution in [3.63, 3.8) is 0 Å². The number of esters is 1. The van der Waals surface area contributed by atoms with Crippen molar-refractivity contribution in [3.05, 3.63) is 0 Å². The summed E-state index contributed by atoms with van der Waals surface area (Å²) in [5.41, 5.74) is 0. The summed E-state index contributed by atoms with van der Waals surface area (Å²) in [6.45, 7) is 6.10. The Bertz CT molecular complexity index is 139. The number of carbonyl (C=O) groups excluding carboxylic acids is 2. The molecule has 4 nitrogen and oxygen atoms in total. The highest BCUT2D eigenvalue weighted by molar-refractivity contribution is 7.78. The summed E-state index contributed by atoms with van der Waals surface area (Å²) in [5.74, 6) is -1.73.